The number of nitrogens with two attached hydrogens (primary N) is 1. The van der Waals surface area contributed by atoms with E-state index in [9.17, 15) is 0 Å². The predicted octanol–water partition coefficient (Wildman–Crippen LogP) is 4.22. The van der Waals surface area contributed by atoms with E-state index in [-0.39, 0.29) is 0 Å². The maximum absolute atomic E-state index is 6.00. The highest BCUT2D eigenvalue weighted by Gasteiger charge is 2.15. The predicted molar refractivity (Wildman–Crippen MR) is 87.9 cm³/mol. The first-order valence-electron chi connectivity index (χ1n) is 6.79. The molecular formula is C17H17BrN2. The van der Waals surface area contributed by atoms with Crippen molar-refractivity contribution in [3.63, 3.8) is 0 Å². The van der Waals surface area contributed by atoms with Gasteiger partial charge in [-0.05, 0) is 36.2 Å². The molecule has 0 aliphatic rings. The largest absolute Gasteiger partial charge is 0.361 e. The van der Waals surface area contributed by atoms with Crippen molar-refractivity contribution in [2.75, 3.05) is 6.54 Å². The van der Waals surface area contributed by atoms with Crippen molar-refractivity contribution in [3.8, 4) is 0 Å². The third-order valence-electron chi connectivity index (χ3n) is 3.77. The van der Waals surface area contributed by atoms with Gasteiger partial charge in [0.25, 0.3) is 0 Å². The monoisotopic (exact) mass is 328 g/mol. The molecule has 3 aromatic rings. The Morgan fingerprint density at radius 1 is 1.05 bits per heavy atom. The molecule has 0 aliphatic carbocycles. The fraction of sp³-hybridized carbons (Fsp3) is 0.176. The normalized spacial score (nSPS) is 12.7. The Hall–Kier alpha value is -1.58. The van der Waals surface area contributed by atoms with Crippen molar-refractivity contribution in [1.82, 2.24) is 4.98 Å². The van der Waals surface area contributed by atoms with Crippen LogP contribution in [0, 0.1) is 0 Å². The number of hydrogen-bond acceptors (Lipinski definition) is 1. The third kappa shape index (κ3) is 2.51. The van der Waals surface area contributed by atoms with Gasteiger partial charge in [0.2, 0.25) is 0 Å². The molecule has 0 aliphatic heterocycles. The Morgan fingerprint density at radius 3 is 2.60 bits per heavy atom. The van der Waals surface area contributed by atoms with Crippen LogP contribution in [0.2, 0.25) is 0 Å². The molecule has 0 fully saturated rings. The molecule has 3 rings (SSSR count). The highest BCUT2D eigenvalue weighted by Crippen LogP contribution is 2.29. The smallest absolute Gasteiger partial charge is 0.0456 e. The summed E-state index contributed by atoms with van der Waals surface area (Å²) in [4.78, 5) is 3.33. The first kappa shape index (κ1) is 13.4. The van der Waals surface area contributed by atoms with E-state index >= 15 is 0 Å². The van der Waals surface area contributed by atoms with Crippen molar-refractivity contribution in [2.45, 2.75) is 12.3 Å². The molecule has 0 bridgehead atoms. The van der Waals surface area contributed by atoms with E-state index in [1.54, 1.807) is 0 Å². The number of aromatic nitrogens is 1. The van der Waals surface area contributed by atoms with Crippen LogP contribution in [0.1, 0.15) is 17.0 Å². The summed E-state index contributed by atoms with van der Waals surface area (Å²) in [7, 11) is 0. The van der Waals surface area contributed by atoms with Crippen LogP contribution in [0.3, 0.4) is 0 Å². The molecule has 1 unspecified atom stereocenters. The molecule has 3 N–H and O–H groups in total. The topological polar surface area (TPSA) is 41.8 Å². The Kier molecular flexibility index (Phi) is 3.90. The van der Waals surface area contributed by atoms with E-state index < -0.39 is 0 Å². The van der Waals surface area contributed by atoms with E-state index in [2.05, 4.69) is 69.6 Å². The van der Waals surface area contributed by atoms with Crippen LogP contribution >= 0.6 is 15.9 Å². The average Bonchev–Trinajstić information content (AvgIpc) is 2.89. The number of halogens is 1. The zero-order valence-corrected chi connectivity index (χ0v) is 12.7. The fourth-order valence-electron chi connectivity index (χ4n) is 2.69. The lowest BCUT2D eigenvalue weighted by atomic mass is 9.92. The lowest BCUT2D eigenvalue weighted by molar-refractivity contribution is 0.694. The van der Waals surface area contributed by atoms with Crippen molar-refractivity contribution >= 4 is 26.8 Å². The zero-order chi connectivity index (χ0) is 13.9. The number of rotatable bonds is 4. The van der Waals surface area contributed by atoms with Crippen molar-refractivity contribution in [2.24, 2.45) is 5.73 Å². The van der Waals surface area contributed by atoms with E-state index in [1.165, 1.54) is 22.0 Å². The van der Waals surface area contributed by atoms with Gasteiger partial charge in [-0.25, -0.2) is 0 Å². The van der Waals surface area contributed by atoms with Crippen LogP contribution in [0.4, 0.5) is 0 Å². The quantitative estimate of drug-likeness (QED) is 0.739. The number of aromatic amines is 1. The molecule has 0 saturated heterocycles. The molecule has 2 nitrogen and oxygen atoms in total. The SMILES string of the molecule is NCC(Cc1c[nH]c2ccccc12)c1ccccc1Br. The molecule has 3 heteroatoms. The molecule has 0 spiro atoms. The summed E-state index contributed by atoms with van der Waals surface area (Å²) in [5, 5.41) is 1.29. The van der Waals surface area contributed by atoms with Crippen molar-refractivity contribution < 1.29 is 0 Å². The van der Waals surface area contributed by atoms with E-state index in [0.29, 0.717) is 12.5 Å². The molecule has 0 radical (unpaired) electrons. The number of fused-ring (bicyclic) bond motifs is 1. The Bertz CT molecular complexity index is 718. The number of H-pyrrole nitrogens is 1. The van der Waals surface area contributed by atoms with Gasteiger partial charge in [0.1, 0.15) is 0 Å². The van der Waals surface area contributed by atoms with Gasteiger partial charge < -0.3 is 10.7 Å². The summed E-state index contributed by atoms with van der Waals surface area (Å²) in [6.07, 6.45) is 3.05. The third-order valence-corrected chi connectivity index (χ3v) is 4.49. The summed E-state index contributed by atoms with van der Waals surface area (Å²) in [5.74, 6) is 0.324. The Balaban J connectivity index is 1.94. The lowest BCUT2D eigenvalue weighted by Gasteiger charge is -2.16. The lowest BCUT2D eigenvalue weighted by Crippen LogP contribution is -2.15. The molecule has 1 heterocycles. The molecule has 1 atom stereocenters. The molecule has 0 saturated carbocycles. The number of benzene rings is 2. The maximum atomic E-state index is 6.00. The second kappa shape index (κ2) is 5.81. The second-order valence-electron chi connectivity index (χ2n) is 5.02. The summed E-state index contributed by atoms with van der Waals surface area (Å²) in [5.41, 5.74) is 9.79. The number of hydrogen-bond donors (Lipinski definition) is 2. The molecule has 102 valence electrons. The highest BCUT2D eigenvalue weighted by molar-refractivity contribution is 9.10. The minimum atomic E-state index is 0.324. The van der Waals surface area contributed by atoms with Gasteiger partial charge >= 0.3 is 0 Å². The van der Waals surface area contributed by atoms with Crippen LogP contribution < -0.4 is 5.73 Å². The minimum Gasteiger partial charge on any atom is -0.361 e. The zero-order valence-electron chi connectivity index (χ0n) is 11.1. The minimum absolute atomic E-state index is 0.324. The van der Waals surface area contributed by atoms with Crippen LogP contribution in [0.25, 0.3) is 10.9 Å². The van der Waals surface area contributed by atoms with Gasteiger partial charge in [-0.2, -0.15) is 0 Å². The summed E-state index contributed by atoms with van der Waals surface area (Å²) >= 11 is 3.63. The Morgan fingerprint density at radius 2 is 1.80 bits per heavy atom. The molecule has 2 aromatic carbocycles. The summed E-state index contributed by atoms with van der Waals surface area (Å²) < 4.78 is 1.13. The van der Waals surface area contributed by atoms with Crippen LogP contribution in [0.15, 0.2) is 59.2 Å². The molecule has 20 heavy (non-hydrogen) atoms. The van der Waals surface area contributed by atoms with E-state index in [4.69, 9.17) is 5.73 Å². The van der Waals surface area contributed by atoms with Gasteiger partial charge in [-0.15, -0.1) is 0 Å². The van der Waals surface area contributed by atoms with Crippen LogP contribution in [0.5, 0.6) is 0 Å². The molecular weight excluding hydrogens is 312 g/mol. The highest BCUT2D eigenvalue weighted by atomic mass is 79.9. The average molecular weight is 329 g/mol. The number of nitrogens with one attached hydrogen (secondary N) is 1. The van der Waals surface area contributed by atoms with Gasteiger partial charge in [0.15, 0.2) is 0 Å². The van der Waals surface area contributed by atoms with Gasteiger partial charge in [-0.3, -0.25) is 0 Å². The number of para-hydroxylation sites is 1. The maximum Gasteiger partial charge on any atom is 0.0456 e. The Labute approximate surface area is 127 Å². The van der Waals surface area contributed by atoms with Gasteiger partial charge in [0.05, 0.1) is 0 Å². The molecule has 0 amide bonds. The summed E-state index contributed by atoms with van der Waals surface area (Å²) in [6, 6.07) is 16.7. The molecule has 1 aromatic heterocycles. The van der Waals surface area contributed by atoms with Crippen LogP contribution in [-0.4, -0.2) is 11.5 Å². The van der Waals surface area contributed by atoms with Crippen molar-refractivity contribution in [3.05, 3.63) is 70.3 Å². The summed E-state index contributed by atoms with van der Waals surface area (Å²) in [6.45, 7) is 0.641. The van der Waals surface area contributed by atoms with E-state index in [0.717, 1.165) is 10.9 Å². The first-order chi connectivity index (χ1) is 9.79. The fourth-order valence-corrected chi connectivity index (χ4v) is 3.30. The van der Waals surface area contributed by atoms with Gasteiger partial charge in [0, 0.05) is 27.5 Å². The van der Waals surface area contributed by atoms with Gasteiger partial charge in [-0.1, -0.05) is 52.3 Å². The standard InChI is InChI=1S/C17H17BrN2/c18-16-7-3-1-5-14(16)12(10-19)9-13-11-20-17-8-4-2-6-15(13)17/h1-8,11-12,20H,9-10,19H2. The van der Waals surface area contributed by atoms with Crippen LogP contribution in [-0.2, 0) is 6.42 Å². The van der Waals surface area contributed by atoms with E-state index in [1.807, 2.05) is 6.07 Å². The first-order valence-corrected chi connectivity index (χ1v) is 7.58. The second-order valence-corrected chi connectivity index (χ2v) is 5.87. The van der Waals surface area contributed by atoms with Crippen molar-refractivity contribution in [1.29, 1.82) is 0 Å².